The molecule has 0 saturated carbocycles. The predicted octanol–water partition coefficient (Wildman–Crippen LogP) is 3.25. The van der Waals surface area contributed by atoms with E-state index in [0.717, 1.165) is 10.8 Å². The molecule has 0 aliphatic rings. The van der Waals surface area contributed by atoms with Gasteiger partial charge in [0.15, 0.2) is 0 Å². The van der Waals surface area contributed by atoms with Gasteiger partial charge in [-0.05, 0) is 24.3 Å². The van der Waals surface area contributed by atoms with Gasteiger partial charge >= 0.3 is 0 Å². The molecule has 2 N–H and O–H groups in total. The Morgan fingerprint density at radius 1 is 1.00 bits per heavy atom. The first-order valence-corrected chi connectivity index (χ1v) is 5.03. The third-order valence-electron chi connectivity index (χ3n) is 2.19. The Labute approximate surface area is 96.6 Å². The topological polar surface area (TPSA) is 43.1 Å². The lowest BCUT2D eigenvalue weighted by atomic mass is 10.1. The van der Waals surface area contributed by atoms with Gasteiger partial charge in [-0.15, -0.1) is 0 Å². The van der Waals surface area contributed by atoms with Crippen LogP contribution in [0, 0.1) is 0 Å². The highest BCUT2D eigenvalue weighted by Crippen LogP contribution is 2.30. The second-order valence-corrected chi connectivity index (χ2v) is 3.97. The molecule has 0 bridgehead atoms. The van der Waals surface area contributed by atoms with E-state index in [1.165, 1.54) is 0 Å². The molecule has 76 valence electrons. The van der Waals surface area contributed by atoms with Gasteiger partial charge in [-0.25, -0.2) is 0 Å². The molecular weight excluding hydrogens is 233 g/mol. The highest BCUT2D eigenvalue weighted by atomic mass is 35.5. The lowest BCUT2D eigenvalue weighted by molar-refractivity contribution is 0.100. The average Bonchev–Trinajstić information content (AvgIpc) is 2.23. The van der Waals surface area contributed by atoms with Crippen LogP contribution in [-0.4, -0.2) is 5.91 Å². The molecule has 0 fully saturated rings. The summed E-state index contributed by atoms with van der Waals surface area (Å²) in [4.78, 5) is 11.0. The molecule has 2 aromatic rings. The van der Waals surface area contributed by atoms with Crippen molar-refractivity contribution < 1.29 is 4.79 Å². The first kappa shape index (κ1) is 10.3. The number of benzene rings is 2. The highest BCUT2D eigenvalue weighted by Gasteiger charge is 2.06. The lowest BCUT2D eigenvalue weighted by Gasteiger charge is -2.04. The second kappa shape index (κ2) is 3.72. The smallest absolute Gasteiger partial charge is 0.248 e. The van der Waals surface area contributed by atoms with Crippen molar-refractivity contribution in [2.24, 2.45) is 5.73 Å². The quantitative estimate of drug-likeness (QED) is 0.816. The summed E-state index contributed by atoms with van der Waals surface area (Å²) in [6, 6.07) is 8.43. The summed E-state index contributed by atoms with van der Waals surface area (Å²) >= 11 is 12.0. The van der Waals surface area contributed by atoms with Gasteiger partial charge in [-0.1, -0.05) is 29.3 Å². The van der Waals surface area contributed by atoms with Crippen LogP contribution in [0.1, 0.15) is 10.4 Å². The summed E-state index contributed by atoms with van der Waals surface area (Å²) in [6.45, 7) is 0. The van der Waals surface area contributed by atoms with Crippen molar-refractivity contribution in [3.05, 3.63) is 45.9 Å². The van der Waals surface area contributed by atoms with E-state index in [4.69, 9.17) is 28.9 Å². The maximum Gasteiger partial charge on any atom is 0.248 e. The number of amides is 1. The zero-order valence-electron chi connectivity index (χ0n) is 7.63. The van der Waals surface area contributed by atoms with Crippen LogP contribution in [0.5, 0.6) is 0 Å². The maximum absolute atomic E-state index is 11.0. The third-order valence-corrected chi connectivity index (χ3v) is 2.85. The number of hydrogen-bond donors (Lipinski definition) is 1. The largest absolute Gasteiger partial charge is 0.366 e. The van der Waals surface area contributed by atoms with Crippen LogP contribution in [0.3, 0.4) is 0 Å². The third kappa shape index (κ3) is 1.78. The standard InChI is InChI=1S/C11H7Cl2NO/c12-9-3-4-10(13)8-5-6(11(14)15)1-2-7(8)9/h1-5H,(H2,14,15). The Hall–Kier alpha value is -1.25. The van der Waals surface area contributed by atoms with Crippen molar-refractivity contribution in [2.45, 2.75) is 0 Å². The molecule has 0 aliphatic carbocycles. The normalized spacial score (nSPS) is 10.5. The summed E-state index contributed by atoms with van der Waals surface area (Å²) in [5.74, 6) is -0.479. The van der Waals surface area contributed by atoms with Crippen LogP contribution in [-0.2, 0) is 0 Å². The van der Waals surface area contributed by atoms with Crippen LogP contribution in [0.25, 0.3) is 10.8 Å². The fourth-order valence-corrected chi connectivity index (χ4v) is 1.88. The van der Waals surface area contributed by atoms with Gasteiger partial charge in [0.05, 0.1) is 0 Å². The van der Waals surface area contributed by atoms with E-state index in [-0.39, 0.29) is 0 Å². The summed E-state index contributed by atoms with van der Waals surface area (Å²) in [7, 11) is 0. The summed E-state index contributed by atoms with van der Waals surface area (Å²) in [5, 5.41) is 2.71. The Kier molecular flexibility index (Phi) is 2.55. The summed E-state index contributed by atoms with van der Waals surface area (Å²) < 4.78 is 0. The first-order valence-electron chi connectivity index (χ1n) is 4.27. The molecule has 2 rings (SSSR count). The van der Waals surface area contributed by atoms with Crippen LogP contribution < -0.4 is 5.73 Å². The van der Waals surface area contributed by atoms with Crippen LogP contribution in [0.4, 0.5) is 0 Å². The molecule has 0 aliphatic heterocycles. The van der Waals surface area contributed by atoms with Crippen molar-refractivity contribution >= 4 is 39.9 Å². The first-order chi connectivity index (χ1) is 7.09. The molecule has 2 aromatic carbocycles. The molecule has 0 saturated heterocycles. The Bertz CT molecular complexity index is 552. The van der Waals surface area contributed by atoms with Gasteiger partial charge in [0, 0.05) is 26.4 Å². The number of primary amides is 1. The Morgan fingerprint density at radius 3 is 2.20 bits per heavy atom. The minimum absolute atomic E-state index is 0.423. The number of nitrogens with two attached hydrogens (primary N) is 1. The van der Waals surface area contributed by atoms with E-state index in [1.807, 2.05) is 0 Å². The zero-order valence-corrected chi connectivity index (χ0v) is 9.14. The monoisotopic (exact) mass is 239 g/mol. The molecule has 15 heavy (non-hydrogen) atoms. The highest BCUT2D eigenvalue weighted by molar-refractivity contribution is 6.40. The second-order valence-electron chi connectivity index (χ2n) is 3.15. The van der Waals surface area contributed by atoms with Crippen molar-refractivity contribution in [1.29, 1.82) is 0 Å². The van der Waals surface area contributed by atoms with E-state index in [2.05, 4.69) is 0 Å². The maximum atomic E-state index is 11.0. The molecular formula is C11H7Cl2NO. The van der Waals surface area contributed by atoms with Crippen LogP contribution in [0.2, 0.25) is 10.0 Å². The van der Waals surface area contributed by atoms with E-state index >= 15 is 0 Å². The summed E-state index contributed by atoms with van der Waals surface area (Å²) in [5.41, 5.74) is 5.60. The molecule has 4 heteroatoms. The average molecular weight is 240 g/mol. The molecule has 0 heterocycles. The minimum Gasteiger partial charge on any atom is -0.366 e. The van der Waals surface area contributed by atoms with Crippen molar-refractivity contribution in [3.63, 3.8) is 0 Å². The molecule has 0 atom stereocenters. The fraction of sp³-hybridized carbons (Fsp3) is 0. The van der Waals surface area contributed by atoms with Crippen LogP contribution in [0.15, 0.2) is 30.3 Å². The van der Waals surface area contributed by atoms with Crippen molar-refractivity contribution in [2.75, 3.05) is 0 Å². The molecule has 0 spiro atoms. The number of hydrogen-bond acceptors (Lipinski definition) is 1. The number of carbonyl (C=O) groups is 1. The summed E-state index contributed by atoms with van der Waals surface area (Å²) in [6.07, 6.45) is 0. The zero-order chi connectivity index (χ0) is 11.0. The van der Waals surface area contributed by atoms with Gasteiger partial charge in [0.1, 0.15) is 0 Å². The number of fused-ring (bicyclic) bond motifs is 1. The molecule has 2 nitrogen and oxygen atoms in total. The number of rotatable bonds is 1. The predicted molar refractivity (Wildman–Crippen MR) is 62.5 cm³/mol. The minimum atomic E-state index is -0.479. The van der Waals surface area contributed by atoms with Gasteiger partial charge in [0.2, 0.25) is 5.91 Å². The van der Waals surface area contributed by atoms with Gasteiger partial charge in [-0.2, -0.15) is 0 Å². The fourth-order valence-electron chi connectivity index (χ4n) is 1.43. The van der Waals surface area contributed by atoms with E-state index in [1.54, 1.807) is 30.3 Å². The SMILES string of the molecule is NC(=O)c1ccc2c(Cl)ccc(Cl)c2c1. The van der Waals surface area contributed by atoms with E-state index < -0.39 is 5.91 Å². The molecule has 0 aromatic heterocycles. The number of halogens is 2. The Morgan fingerprint density at radius 2 is 1.60 bits per heavy atom. The van der Waals surface area contributed by atoms with Gasteiger partial charge < -0.3 is 5.73 Å². The lowest BCUT2D eigenvalue weighted by Crippen LogP contribution is -2.10. The van der Waals surface area contributed by atoms with Crippen molar-refractivity contribution in [3.8, 4) is 0 Å². The van der Waals surface area contributed by atoms with E-state index in [0.29, 0.717) is 15.6 Å². The molecule has 0 radical (unpaired) electrons. The van der Waals surface area contributed by atoms with Crippen LogP contribution >= 0.6 is 23.2 Å². The van der Waals surface area contributed by atoms with Gasteiger partial charge in [0.25, 0.3) is 0 Å². The Balaban J connectivity index is 2.81. The molecule has 0 unspecified atom stereocenters. The van der Waals surface area contributed by atoms with E-state index in [9.17, 15) is 4.79 Å². The van der Waals surface area contributed by atoms with Gasteiger partial charge in [-0.3, -0.25) is 4.79 Å². The number of carbonyl (C=O) groups excluding carboxylic acids is 1. The molecule has 1 amide bonds. The van der Waals surface area contributed by atoms with Crippen molar-refractivity contribution in [1.82, 2.24) is 0 Å².